The quantitative estimate of drug-likeness (QED) is 0.355. The molecule has 2 aromatic heterocycles. The number of fused-ring (bicyclic) bond motifs is 1. The summed E-state index contributed by atoms with van der Waals surface area (Å²) in [5, 5.41) is 3.87. The molecule has 1 N–H and O–H groups in total. The average Bonchev–Trinajstić information content (AvgIpc) is 3.43. The van der Waals surface area contributed by atoms with Gasteiger partial charge >= 0.3 is 11.9 Å². The van der Waals surface area contributed by atoms with E-state index in [-0.39, 0.29) is 27.9 Å². The molecule has 0 bridgehead atoms. The Kier molecular flexibility index (Phi) is 7.17. The summed E-state index contributed by atoms with van der Waals surface area (Å²) in [5.74, 6) is -0.871. The molecule has 0 atom stereocenters. The van der Waals surface area contributed by atoms with E-state index in [1.165, 1.54) is 14.2 Å². The Hall–Kier alpha value is -4.11. The largest absolute Gasteiger partial charge is 0.488 e. The number of esters is 2. The number of rotatable bonds is 8. The van der Waals surface area contributed by atoms with Crippen LogP contribution in [-0.4, -0.2) is 36.6 Å². The molecule has 2 aromatic carbocycles. The Labute approximate surface area is 206 Å². The molecule has 4 aromatic rings. The van der Waals surface area contributed by atoms with Gasteiger partial charge in [0, 0.05) is 11.6 Å². The number of anilines is 1. The number of amides is 1. The fourth-order valence-electron chi connectivity index (χ4n) is 3.75. The van der Waals surface area contributed by atoms with Gasteiger partial charge in [-0.1, -0.05) is 36.4 Å². The zero-order chi connectivity index (χ0) is 24.9. The van der Waals surface area contributed by atoms with Crippen molar-refractivity contribution in [2.75, 3.05) is 19.5 Å². The van der Waals surface area contributed by atoms with Crippen LogP contribution in [-0.2, 0) is 27.4 Å². The maximum atomic E-state index is 12.9. The van der Waals surface area contributed by atoms with Gasteiger partial charge in [-0.2, -0.15) is 0 Å². The van der Waals surface area contributed by atoms with Gasteiger partial charge in [0.05, 0.1) is 25.3 Å². The van der Waals surface area contributed by atoms with E-state index >= 15 is 0 Å². The van der Waals surface area contributed by atoms with E-state index in [1.807, 2.05) is 54.6 Å². The van der Waals surface area contributed by atoms with Gasteiger partial charge in [-0.25, -0.2) is 9.59 Å². The van der Waals surface area contributed by atoms with Gasteiger partial charge in [-0.05, 0) is 36.2 Å². The monoisotopic (exact) mass is 492 g/mol. The van der Waals surface area contributed by atoms with E-state index in [0.29, 0.717) is 12.2 Å². The van der Waals surface area contributed by atoms with E-state index in [0.717, 1.165) is 33.6 Å². The van der Waals surface area contributed by atoms with Crippen LogP contribution in [0.4, 0.5) is 5.00 Å². The molecule has 0 radical (unpaired) electrons. The number of aromatic nitrogens is 1. The van der Waals surface area contributed by atoms with Crippen molar-refractivity contribution in [1.29, 1.82) is 0 Å². The van der Waals surface area contributed by atoms with Crippen LogP contribution in [0.2, 0.25) is 0 Å². The minimum atomic E-state index is -0.643. The highest BCUT2D eigenvalue weighted by molar-refractivity contribution is 7.18. The molecule has 0 spiro atoms. The molecule has 180 valence electrons. The van der Waals surface area contributed by atoms with Crippen LogP contribution in [0.15, 0.2) is 60.8 Å². The molecule has 8 nitrogen and oxygen atoms in total. The van der Waals surface area contributed by atoms with Gasteiger partial charge in [-0.15, -0.1) is 11.3 Å². The number of ether oxygens (including phenoxy) is 3. The van der Waals surface area contributed by atoms with Gasteiger partial charge in [-0.3, -0.25) is 4.79 Å². The molecule has 1 amide bonds. The van der Waals surface area contributed by atoms with Crippen LogP contribution in [0.25, 0.3) is 10.9 Å². The highest BCUT2D eigenvalue weighted by Gasteiger charge is 2.26. The third kappa shape index (κ3) is 5.04. The Morgan fingerprint density at radius 2 is 1.69 bits per heavy atom. The van der Waals surface area contributed by atoms with Crippen LogP contribution in [0.3, 0.4) is 0 Å². The lowest BCUT2D eigenvalue weighted by Gasteiger charge is -2.10. The molecule has 0 aliphatic carbocycles. The van der Waals surface area contributed by atoms with Crippen LogP contribution in [0, 0.1) is 6.92 Å². The van der Waals surface area contributed by atoms with Gasteiger partial charge < -0.3 is 24.1 Å². The molecule has 0 aliphatic heterocycles. The van der Waals surface area contributed by atoms with Gasteiger partial charge in [0.2, 0.25) is 5.91 Å². The Bertz CT molecular complexity index is 1390. The first kappa shape index (κ1) is 24.0. The van der Waals surface area contributed by atoms with Crippen molar-refractivity contribution in [2.45, 2.75) is 20.1 Å². The number of methoxy groups -OCH3 is 2. The first-order valence-corrected chi connectivity index (χ1v) is 11.6. The normalized spacial score (nSPS) is 10.7. The Balaban J connectivity index is 1.54. The van der Waals surface area contributed by atoms with Crippen molar-refractivity contribution < 1.29 is 28.6 Å². The molecular formula is C26H24N2O6S. The fourth-order valence-corrected chi connectivity index (χ4v) is 4.88. The van der Waals surface area contributed by atoms with Gasteiger partial charge in [0.15, 0.2) is 0 Å². The van der Waals surface area contributed by atoms with E-state index in [9.17, 15) is 14.4 Å². The van der Waals surface area contributed by atoms with Gasteiger partial charge in [0.1, 0.15) is 28.8 Å². The topological polar surface area (TPSA) is 95.9 Å². The van der Waals surface area contributed by atoms with Crippen LogP contribution < -0.4 is 10.1 Å². The van der Waals surface area contributed by atoms with Crippen LogP contribution in [0.1, 0.15) is 31.2 Å². The summed E-state index contributed by atoms with van der Waals surface area (Å²) in [5.41, 5.74) is 2.43. The minimum Gasteiger partial charge on any atom is -0.488 e. The Morgan fingerprint density at radius 1 is 0.943 bits per heavy atom. The number of nitrogens with one attached hydrogen (secondary N) is 1. The number of nitrogens with zero attached hydrogens (tertiary/aromatic N) is 1. The molecule has 0 unspecified atom stereocenters. The summed E-state index contributed by atoms with van der Waals surface area (Å²) >= 11 is 0.977. The second-order valence-electron chi connectivity index (χ2n) is 7.70. The van der Waals surface area contributed by atoms with Crippen LogP contribution >= 0.6 is 11.3 Å². The third-order valence-corrected chi connectivity index (χ3v) is 6.67. The van der Waals surface area contributed by atoms with Crippen molar-refractivity contribution in [3.05, 3.63) is 82.4 Å². The van der Waals surface area contributed by atoms with E-state index in [4.69, 9.17) is 14.2 Å². The maximum Gasteiger partial charge on any atom is 0.348 e. The number of benzene rings is 2. The zero-order valence-electron chi connectivity index (χ0n) is 19.5. The smallest absolute Gasteiger partial charge is 0.348 e. The molecule has 0 saturated carbocycles. The summed E-state index contributed by atoms with van der Waals surface area (Å²) in [4.78, 5) is 37.5. The first-order chi connectivity index (χ1) is 16.9. The van der Waals surface area contributed by atoms with E-state index in [1.54, 1.807) is 17.7 Å². The number of hydrogen-bond acceptors (Lipinski definition) is 7. The second kappa shape index (κ2) is 10.4. The number of hydrogen-bond donors (Lipinski definition) is 1. The molecule has 0 aliphatic rings. The summed E-state index contributed by atoms with van der Waals surface area (Å²) in [6.07, 6.45) is 1.81. The van der Waals surface area contributed by atoms with E-state index in [2.05, 4.69) is 5.32 Å². The van der Waals surface area contributed by atoms with Crippen molar-refractivity contribution in [3.63, 3.8) is 0 Å². The van der Waals surface area contributed by atoms with Crippen molar-refractivity contribution in [2.24, 2.45) is 0 Å². The van der Waals surface area contributed by atoms with Crippen molar-refractivity contribution in [1.82, 2.24) is 4.57 Å². The Morgan fingerprint density at radius 3 is 2.40 bits per heavy atom. The first-order valence-electron chi connectivity index (χ1n) is 10.8. The molecule has 4 rings (SSSR count). The molecular weight excluding hydrogens is 468 g/mol. The average molecular weight is 493 g/mol. The zero-order valence-corrected chi connectivity index (χ0v) is 20.3. The lowest BCUT2D eigenvalue weighted by atomic mass is 10.1. The number of thiophene rings is 1. The molecule has 0 fully saturated rings. The second-order valence-corrected chi connectivity index (χ2v) is 8.72. The maximum absolute atomic E-state index is 12.9. The predicted molar refractivity (Wildman–Crippen MR) is 133 cm³/mol. The lowest BCUT2D eigenvalue weighted by Crippen LogP contribution is -2.19. The summed E-state index contributed by atoms with van der Waals surface area (Å²) in [6.45, 7) is 2.04. The van der Waals surface area contributed by atoms with Crippen LogP contribution in [0.5, 0.6) is 5.75 Å². The molecule has 2 heterocycles. The highest BCUT2D eigenvalue weighted by Crippen LogP contribution is 2.34. The summed E-state index contributed by atoms with van der Waals surface area (Å²) in [6, 6.07) is 17.4. The van der Waals surface area contributed by atoms with Crippen molar-refractivity contribution in [3.8, 4) is 5.75 Å². The minimum absolute atomic E-state index is 0.00322. The molecule has 0 saturated heterocycles. The predicted octanol–water partition coefficient (Wildman–Crippen LogP) is 4.80. The lowest BCUT2D eigenvalue weighted by molar-refractivity contribution is -0.116. The summed E-state index contributed by atoms with van der Waals surface area (Å²) < 4.78 is 17.4. The van der Waals surface area contributed by atoms with Crippen molar-refractivity contribution >= 4 is 45.1 Å². The summed E-state index contributed by atoms with van der Waals surface area (Å²) in [7, 11) is 2.50. The number of carbonyl (C=O) groups excluding carboxylic acids is 3. The number of carbonyl (C=O) groups is 3. The standard InChI is InChI=1S/C26H24N2O6S/c1-16-22(25(30)32-2)24(35-23(16)26(31)33-3)27-21(29)14-28-13-12-18-19(28)10-7-11-20(18)34-15-17-8-5-4-6-9-17/h4-13H,14-15H2,1-3H3,(H,27,29). The molecule has 9 heteroatoms. The molecule has 35 heavy (non-hydrogen) atoms. The fraction of sp³-hybridized carbons (Fsp3) is 0.192. The SMILES string of the molecule is COC(=O)c1sc(NC(=O)Cn2ccc3c(OCc4ccccc4)cccc32)c(C(=O)OC)c1C. The van der Waals surface area contributed by atoms with E-state index < -0.39 is 11.9 Å². The van der Waals surface area contributed by atoms with Gasteiger partial charge in [0.25, 0.3) is 0 Å². The third-order valence-electron chi connectivity index (χ3n) is 5.48. The highest BCUT2D eigenvalue weighted by atomic mass is 32.1.